The highest BCUT2D eigenvalue weighted by atomic mass is 16.5. The maximum atomic E-state index is 12.9. The average molecular weight is 325 g/mol. The Morgan fingerprint density at radius 3 is 2.46 bits per heavy atom. The number of hydrogen-bond donors (Lipinski definition) is 1. The van der Waals surface area contributed by atoms with Gasteiger partial charge in [-0.25, -0.2) is 0 Å². The van der Waals surface area contributed by atoms with E-state index in [1.807, 2.05) is 18.2 Å². The van der Waals surface area contributed by atoms with Crippen LogP contribution in [0.4, 0.5) is 0 Å². The molecule has 1 N–H and O–H groups in total. The van der Waals surface area contributed by atoms with Gasteiger partial charge in [-0.3, -0.25) is 4.79 Å². The average Bonchev–Trinajstić information content (AvgIpc) is 2.53. The first-order chi connectivity index (χ1) is 11.7. The van der Waals surface area contributed by atoms with Gasteiger partial charge in [0.05, 0.1) is 12.6 Å². The molecule has 3 nitrogen and oxygen atoms in total. The first-order valence-corrected chi connectivity index (χ1v) is 9.70. The van der Waals surface area contributed by atoms with Gasteiger partial charge >= 0.3 is 0 Å². The van der Waals surface area contributed by atoms with E-state index in [0.29, 0.717) is 12.0 Å². The van der Waals surface area contributed by atoms with Gasteiger partial charge in [0.1, 0.15) is 5.75 Å². The van der Waals surface area contributed by atoms with Crippen LogP contribution in [0.2, 0.25) is 0 Å². The first kappa shape index (κ1) is 14.8. The second-order valence-electron chi connectivity index (χ2n) is 8.89. The van der Waals surface area contributed by atoms with Gasteiger partial charge in [0, 0.05) is 18.4 Å². The van der Waals surface area contributed by atoms with E-state index in [-0.39, 0.29) is 11.9 Å². The molecule has 1 amide bonds. The largest absolute Gasteiger partial charge is 0.493 e. The zero-order valence-electron chi connectivity index (χ0n) is 14.3. The summed E-state index contributed by atoms with van der Waals surface area (Å²) in [5.74, 6) is 3.93. The Morgan fingerprint density at radius 1 is 1.08 bits per heavy atom. The fraction of sp³-hybridized carbons (Fsp3) is 0.667. The van der Waals surface area contributed by atoms with Gasteiger partial charge < -0.3 is 10.1 Å². The molecule has 128 valence electrons. The summed E-state index contributed by atoms with van der Waals surface area (Å²) in [6.45, 7) is 0.694. The predicted molar refractivity (Wildman–Crippen MR) is 92.7 cm³/mol. The minimum Gasteiger partial charge on any atom is -0.493 e. The van der Waals surface area contributed by atoms with Crippen molar-refractivity contribution in [2.75, 3.05) is 6.61 Å². The Labute approximate surface area is 144 Å². The lowest BCUT2D eigenvalue weighted by atomic mass is 9.49. The van der Waals surface area contributed by atoms with Crippen LogP contribution in [-0.2, 0) is 4.79 Å². The lowest BCUT2D eigenvalue weighted by Gasteiger charge is -2.56. The van der Waals surface area contributed by atoms with Crippen LogP contribution in [0, 0.1) is 23.2 Å². The summed E-state index contributed by atoms with van der Waals surface area (Å²) in [4.78, 5) is 12.9. The van der Waals surface area contributed by atoms with Gasteiger partial charge in [0.25, 0.3) is 0 Å². The number of para-hydroxylation sites is 1. The summed E-state index contributed by atoms with van der Waals surface area (Å²) in [5.41, 5.74) is 1.46. The molecule has 4 fully saturated rings. The number of amides is 1. The molecule has 1 aromatic rings. The van der Waals surface area contributed by atoms with Crippen LogP contribution in [0.25, 0.3) is 0 Å². The number of nitrogens with one attached hydrogen (secondary N) is 1. The second-order valence-corrected chi connectivity index (χ2v) is 8.89. The van der Waals surface area contributed by atoms with E-state index in [2.05, 4.69) is 11.4 Å². The number of benzene rings is 1. The van der Waals surface area contributed by atoms with E-state index in [0.717, 1.165) is 41.9 Å². The SMILES string of the molecule is O=C(CC12CC3CC(CC(C3)C1)C2)N[C@@H]1CCOc2ccccc21. The van der Waals surface area contributed by atoms with Crippen LogP contribution in [0.15, 0.2) is 24.3 Å². The van der Waals surface area contributed by atoms with Crippen molar-refractivity contribution in [3.8, 4) is 5.75 Å². The molecule has 24 heavy (non-hydrogen) atoms. The van der Waals surface area contributed by atoms with Crippen molar-refractivity contribution >= 4 is 5.91 Å². The minimum absolute atomic E-state index is 0.122. The smallest absolute Gasteiger partial charge is 0.221 e. The molecule has 0 saturated heterocycles. The summed E-state index contributed by atoms with van der Waals surface area (Å²) in [5, 5.41) is 3.33. The number of rotatable bonds is 3. The highest BCUT2D eigenvalue weighted by Crippen LogP contribution is 2.61. The Bertz CT molecular complexity index is 618. The van der Waals surface area contributed by atoms with Gasteiger partial charge in [-0.05, 0) is 67.8 Å². The van der Waals surface area contributed by atoms with Gasteiger partial charge in [-0.15, -0.1) is 0 Å². The maximum absolute atomic E-state index is 12.9. The molecular formula is C21H27NO2. The number of ether oxygens (including phenoxy) is 1. The van der Waals surface area contributed by atoms with Crippen molar-refractivity contribution in [1.82, 2.24) is 5.32 Å². The van der Waals surface area contributed by atoms with Crippen LogP contribution in [-0.4, -0.2) is 12.5 Å². The fourth-order valence-electron chi connectivity index (χ4n) is 6.58. The molecule has 0 spiro atoms. The predicted octanol–water partition coefficient (Wildman–Crippen LogP) is 4.23. The molecule has 6 rings (SSSR count). The molecule has 1 aromatic carbocycles. The molecule has 0 radical (unpaired) electrons. The van der Waals surface area contributed by atoms with Crippen molar-refractivity contribution < 1.29 is 9.53 Å². The molecular weight excluding hydrogens is 298 g/mol. The lowest BCUT2D eigenvalue weighted by Crippen LogP contribution is -2.48. The van der Waals surface area contributed by atoms with E-state index < -0.39 is 0 Å². The number of hydrogen-bond acceptors (Lipinski definition) is 2. The van der Waals surface area contributed by atoms with Crippen LogP contribution in [0.1, 0.15) is 63.0 Å². The van der Waals surface area contributed by atoms with Crippen molar-refractivity contribution in [3.63, 3.8) is 0 Å². The van der Waals surface area contributed by atoms with Crippen molar-refractivity contribution in [3.05, 3.63) is 29.8 Å². The monoisotopic (exact) mass is 325 g/mol. The summed E-state index contributed by atoms with van der Waals surface area (Å²) in [6, 6.07) is 8.25. The maximum Gasteiger partial charge on any atom is 0.221 e. The summed E-state index contributed by atoms with van der Waals surface area (Å²) >= 11 is 0. The van der Waals surface area contributed by atoms with Crippen LogP contribution < -0.4 is 10.1 Å². The molecule has 1 aliphatic heterocycles. The summed E-state index contributed by atoms with van der Waals surface area (Å²) < 4.78 is 5.72. The van der Waals surface area contributed by atoms with E-state index in [1.165, 1.54) is 38.5 Å². The Kier molecular flexibility index (Phi) is 3.39. The van der Waals surface area contributed by atoms with Gasteiger partial charge in [-0.1, -0.05) is 18.2 Å². The van der Waals surface area contributed by atoms with Crippen molar-refractivity contribution in [2.24, 2.45) is 23.2 Å². The van der Waals surface area contributed by atoms with Crippen molar-refractivity contribution in [1.29, 1.82) is 0 Å². The lowest BCUT2D eigenvalue weighted by molar-refractivity contribution is -0.130. The molecule has 0 aromatic heterocycles. The molecule has 3 heteroatoms. The topological polar surface area (TPSA) is 38.3 Å². The first-order valence-electron chi connectivity index (χ1n) is 9.70. The quantitative estimate of drug-likeness (QED) is 0.903. The van der Waals surface area contributed by atoms with Crippen LogP contribution in [0.3, 0.4) is 0 Å². The molecule has 4 saturated carbocycles. The zero-order valence-corrected chi connectivity index (χ0v) is 14.3. The summed E-state index contributed by atoms with van der Waals surface area (Å²) in [7, 11) is 0. The Hall–Kier alpha value is -1.51. The molecule has 1 heterocycles. The van der Waals surface area contributed by atoms with Gasteiger partial charge in [-0.2, -0.15) is 0 Å². The minimum atomic E-state index is 0.122. The molecule has 4 bridgehead atoms. The standard InChI is InChI=1S/C21H27NO2/c23-20(22-18-5-6-24-19-4-2-1-3-17(18)19)13-21-10-14-7-15(11-21)9-16(8-14)12-21/h1-4,14-16,18H,5-13H2,(H,22,23)/t14?,15?,16?,18-,21?/m1/s1. The Balaban J connectivity index is 1.29. The Morgan fingerprint density at radius 2 is 1.75 bits per heavy atom. The summed E-state index contributed by atoms with van der Waals surface area (Å²) in [6.07, 6.45) is 9.85. The normalized spacial score (nSPS) is 39.2. The van der Waals surface area contributed by atoms with Gasteiger partial charge in [0.2, 0.25) is 5.91 Å². The van der Waals surface area contributed by atoms with E-state index in [1.54, 1.807) is 0 Å². The zero-order chi connectivity index (χ0) is 16.1. The van der Waals surface area contributed by atoms with Crippen molar-refractivity contribution in [2.45, 2.75) is 57.4 Å². The molecule has 4 aliphatic carbocycles. The highest BCUT2D eigenvalue weighted by Gasteiger charge is 2.51. The molecule has 5 aliphatic rings. The van der Waals surface area contributed by atoms with Crippen LogP contribution >= 0.6 is 0 Å². The van der Waals surface area contributed by atoms with E-state index >= 15 is 0 Å². The molecule has 1 atom stereocenters. The number of fused-ring (bicyclic) bond motifs is 1. The van der Waals surface area contributed by atoms with Crippen LogP contribution in [0.5, 0.6) is 5.75 Å². The second kappa shape index (κ2) is 5.50. The third-order valence-corrected chi connectivity index (χ3v) is 6.99. The number of carbonyl (C=O) groups is 1. The highest BCUT2D eigenvalue weighted by molar-refractivity contribution is 5.77. The number of carbonyl (C=O) groups excluding carboxylic acids is 1. The third kappa shape index (κ3) is 2.53. The fourth-order valence-corrected chi connectivity index (χ4v) is 6.58. The van der Waals surface area contributed by atoms with E-state index in [4.69, 9.17) is 4.74 Å². The third-order valence-electron chi connectivity index (χ3n) is 6.99. The van der Waals surface area contributed by atoms with E-state index in [9.17, 15) is 4.79 Å². The molecule has 0 unspecified atom stereocenters. The van der Waals surface area contributed by atoms with Gasteiger partial charge in [0.15, 0.2) is 0 Å².